The summed E-state index contributed by atoms with van der Waals surface area (Å²) in [5.74, 6) is 0.475. The van der Waals surface area contributed by atoms with Gasteiger partial charge in [0.25, 0.3) is 0 Å². The molecule has 1 aliphatic heterocycles. The molecule has 0 bridgehead atoms. The Morgan fingerprint density at radius 1 is 1.45 bits per heavy atom. The topological polar surface area (TPSA) is 64.5 Å². The minimum Gasteiger partial charge on any atom is -0.474 e. The Hall–Kier alpha value is -1.85. The van der Waals surface area contributed by atoms with E-state index in [1.807, 2.05) is 20.8 Å². The third-order valence-electron chi connectivity index (χ3n) is 2.97. The van der Waals surface area contributed by atoms with Crippen molar-refractivity contribution in [2.45, 2.75) is 45.3 Å². The highest BCUT2D eigenvalue weighted by Gasteiger charge is 2.32. The second kappa shape index (κ2) is 6.07. The minimum atomic E-state index is -0.476. The van der Waals surface area contributed by atoms with E-state index in [4.69, 9.17) is 9.47 Å². The molecule has 110 valence electrons. The molecule has 6 nitrogen and oxygen atoms in total. The molecule has 1 fully saturated rings. The first-order valence-electron chi connectivity index (χ1n) is 6.84. The van der Waals surface area contributed by atoms with E-state index in [-0.39, 0.29) is 12.1 Å². The molecule has 6 heteroatoms. The summed E-state index contributed by atoms with van der Waals surface area (Å²) >= 11 is 0. The third kappa shape index (κ3) is 4.08. The Morgan fingerprint density at radius 3 is 2.90 bits per heavy atom. The van der Waals surface area contributed by atoms with Crippen molar-refractivity contribution >= 4 is 6.09 Å². The standard InChI is InChI=1S/C14H21N3O3/c1-14(2,3)20-13(18)17-8-4-5-11(17)10-19-12-9-15-6-7-16-12/h6-7,9,11H,4-5,8,10H2,1-3H3/t11-/m0/s1. The molecular formula is C14H21N3O3. The number of nitrogens with zero attached hydrogens (tertiary/aromatic N) is 3. The Balaban J connectivity index is 1.89. The Labute approximate surface area is 119 Å². The molecule has 1 aromatic heterocycles. The van der Waals surface area contributed by atoms with Gasteiger partial charge in [0.15, 0.2) is 0 Å². The fraction of sp³-hybridized carbons (Fsp3) is 0.643. The molecule has 1 amide bonds. The fourth-order valence-electron chi connectivity index (χ4n) is 2.11. The van der Waals surface area contributed by atoms with E-state index in [1.165, 1.54) is 0 Å². The van der Waals surface area contributed by atoms with Crippen LogP contribution in [0.4, 0.5) is 4.79 Å². The van der Waals surface area contributed by atoms with Crippen molar-refractivity contribution in [1.29, 1.82) is 0 Å². The molecule has 0 N–H and O–H groups in total. The number of carbonyl (C=O) groups is 1. The first kappa shape index (κ1) is 14.6. The summed E-state index contributed by atoms with van der Waals surface area (Å²) in [6, 6.07) is 0.0341. The van der Waals surface area contributed by atoms with Gasteiger partial charge >= 0.3 is 6.09 Å². The maximum atomic E-state index is 12.1. The van der Waals surface area contributed by atoms with Crippen LogP contribution in [-0.2, 0) is 4.74 Å². The molecule has 2 heterocycles. The summed E-state index contributed by atoms with van der Waals surface area (Å²) < 4.78 is 11.0. The van der Waals surface area contributed by atoms with Gasteiger partial charge in [-0.1, -0.05) is 0 Å². The van der Waals surface area contributed by atoms with Crippen LogP contribution >= 0.6 is 0 Å². The summed E-state index contributed by atoms with van der Waals surface area (Å²) in [6.45, 7) is 6.73. The predicted molar refractivity (Wildman–Crippen MR) is 73.5 cm³/mol. The number of carbonyl (C=O) groups excluding carboxylic acids is 1. The molecule has 0 radical (unpaired) electrons. The van der Waals surface area contributed by atoms with Gasteiger partial charge in [-0.25, -0.2) is 9.78 Å². The SMILES string of the molecule is CC(C)(C)OC(=O)N1CCC[C@H]1COc1cnccn1. The summed E-state index contributed by atoms with van der Waals surface area (Å²) in [4.78, 5) is 21.8. The van der Waals surface area contributed by atoms with Gasteiger partial charge in [0, 0.05) is 18.9 Å². The lowest BCUT2D eigenvalue weighted by molar-refractivity contribution is 0.0185. The van der Waals surface area contributed by atoms with Crippen LogP contribution in [0.2, 0.25) is 0 Å². The summed E-state index contributed by atoms with van der Waals surface area (Å²) in [6.07, 6.45) is 6.34. The Bertz CT molecular complexity index is 445. The van der Waals surface area contributed by atoms with E-state index in [0.717, 1.165) is 12.8 Å². The second-order valence-electron chi connectivity index (χ2n) is 5.82. The van der Waals surface area contributed by atoms with Crippen LogP contribution < -0.4 is 4.74 Å². The number of likely N-dealkylation sites (tertiary alicyclic amines) is 1. The van der Waals surface area contributed by atoms with Crippen LogP contribution in [-0.4, -0.2) is 45.8 Å². The molecule has 20 heavy (non-hydrogen) atoms. The number of rotatable bonds is 3. The van der Waals surface area contributed by atoms with Crippen molar-refractivity contribution in [1.82, 2.24) is 14.9 Å². The van der Waals surface area contributed by atoms with Gasteiger partial charge < -0.3 is 14.4 Å². The zero-order valence-corrected chi connectivity index (χ0v) is 12.2. The largest absolute Gasteiger partial charge is 0.474 e. The highest BCUT2D eigenvalue weighted by Crippen LogP contribution is 2.21. The van der Waals surface area contributed by atoms with Gasteiger partial charge in [-0.3, -0.25) is 4.98 Å². The van der Waals surface area contributed by atoms with Crippen LogP contribution in [0.25, 0.3) is 0 Å². The van der Waals surface area contributed by atoms with Crippen molar-refractivity contribution in [3.05, 3.63) is 18.6 Å². The third-order valence-corrected chi connectivity index (χ3v) is 2.97. The molecule has 0 aromatic carbocycles. The number of aromatic nitrogens is 2. The van der Waals surface area contributed by atoms with E-state index in [9.17, 15) is 4.79 Å². The Morgan fingerprint density at radius 2 is 2.25 bits per heavy atom. The molecule has 1 saturated heterocycles. The molecule has 0 saturated carbocycles. The molecule has 1 aromatic rings. The van der Waals surface area contributed by atoms with Gasteiger partial charge in [0.2, 0.25) is 5.88 Å². The zero-order valence-electron chi connectivity index (χ0n) is 12.2. The van der Waals surface area contributed by atoms with Crippen LogP contribution in [0, 0.1) is 0 Å². The van der Waals surface area contributed by atoms with Crippen molar-refractivity contribution < 1.29 is 14.3 Å². The predicted octanol–water partition coefficient (Wildman–Crippen LogP) is 2.25. The first-order valence-corrected chi connectivity index (χ1v) is 6.84. The average Bonchev–Trinajstić information content (AvgIpc) is 2.84. The highest BCUT2D eigenvalue weighted by atomic mass is 16.6. The monoisotopic (exact) mass is 279 g/mol. The van der Waals surface area contributed by atoms with Crippen molar-refractivity contribution in [3.8, 4) is 5.88 Å². The molecule has 0 unspecified atom stereocenters. The Kier molecular flexibility index (Phi) is 4.42. The lowest BCUT2D eigenvalue weighted by atomic mass is 10.2. The number of ether oxygens (including phenoxy) is 2. The normalized spacial score (nSPS) is 18.9. The number of hydrogen-bond donors (Lipinski definition) is 0. The van der Waals surface area contributed by atoms with E-state index in [2.05, 4.69) is 9.97 Å². The van der Waals surface area contributed by atoms with Crippen molar-refractivity contribution in [2.75, 3.05) is 13.2 Å². The smallest absolute Gasteiger partial charge is 0.410 e. The maximum absolute atomic E-state index is 12.1. The van der Waals surface area contributed by atoms with Gasteiger partial charge in [0.1, 0.15) is 12.2 Å². The maximum Gasteiger partial charge on any atom is 0.410 e. The van der Waals surface area contributed by atoms with Crippen LogP contribution in [0.5, 0.6) is 5.88 Å². The average molecular weight is 279 g/mol. The van der Waals surface area contributed by atoms with Crippen molar-refractivity contribution in [2.24, 2.45) is 0 Å². The molecular weight excluding hydrogens is 258 g/mol. The van der Waals surface area contributed by atoms with Crippen LogP contribution in [0.3, 0.4) is 0 Å². The van der Waals surface area contributed by atoms with Crippen LogP contribution in [0.1, 0.15) is 33.6 Å². The minimum absolute atomic E-state index is 0.0341. The summed E-state index contributed by atoms with van der Waals surface area (Å²) in [5.41, 5.74) is -0.476. The molecule has 0 aliphatic carbocycles. The summed E-state index contributed by atoms with van der Waals surface area (Å²) in [7, 11) is 0. The first-order chi connectivity index (χ1) is 9.46. The molecule has 0 spiro atoms. The summed E-state index contributed by atoms with van der Waals surface area (Å²) in [5, 5.41) is 0. The van der Waals surface area contributed by atoms with Gasteiger partial charge in [-0.2, -0.15) is 0 Å². The highest BCUT2D eigenvalue weighted by molar-refractivity contribution is 5.68. The van der Waals surface area contributed by atoms with E-state index in [1.54, 1.807) is 23.5 Å². The molecule has 1 atom stereocenters. The van der Waals surface area contributed by atoms with Crippen LogP contribution in [0.15, 0.2) is 18.6 Å². The number of amides is 1. The lowest BCUT2D eigenvalue weighted by Crippen LogP contribution is -2.42. The lowest BCUT2D eigenvalue weighted by Gasteiger charge is -2.28. The van der Waals surface area contributed by atoms with Gasteiger partial charge in [0.05, 0.1) is 12.2 Å². The van der Waals surface area contributed by atoms with Crippen molar-refractivity contribution in [3.63, 3.8) is 0 Å². The van der Waals surface area contributed by atoms with E-state index >= 15 is 0 Å². The van der Waals surface area contributed by atoms with E-state index < -0.39 is 5.60 Å². The number of hydrogen-bond acceptors (Lipinski definition) is 5. The molecule has 1 aliphatic rings. The molecule has 2 rings (SSSR count). The quantitative estimate of drug-likeness (QED) is 0.849. The van der Waals surface area contributed by atoms with Gasteiger partial charge in [-0.05, 0) is 33.6 Å². The van der Waals surface area contributed by atoms with Gasteiger partial charge in [-0.15, -0.1) is 0 Å². The zero-order chi connectivity index (χ0) is 14.6. The fourth-order valence-corrected chi connectivity index (χ4v) is 2.11. The van der Waals surface area contributed by atoms with E-state index in [0.29, 0.717) is 19.0 Å². The second-order valence-corrected chi connectivity index (χ2v) is 5.82.